The van der Waals surface area contributed by atoms with Crippen LogP contribution in [0.2, 0.25) is 0 Å². The molecule has 1 aromatic rings. The lowest BCUT2D eigenvalue weighted by Gasteiger charge is -2.27. The van der Waals surface area contributed by atoms with Crippen molar-refractivity contribution < 1.29 is 0 Å². The zero-order valence-corrected chi connectivity index (χ0v) is 11.9. The fourth-order valence-corrected chi connectivity index (χ4v) is 2.34. The molecule has 96 valence electrons. The van der Waals surface area contributed by atoms with Crippen LogP contribution in [0.5, 0.6) is 0 Å². The Bertz CT molecular complexity index is 369. The van der Waals surface area contributed by atoms with Crippen molar-refractivity contribution >= 4 is 0 Å². The number of hydrogen-bond donors (Lipinski definition) is 1. The van der Waals surface area contributed by atoms with Gasteiger partial charge in [-0.3, -0.25) is 0 Å². The number of rotatable bonds is 5. The van der Waals surface area contributed by atoms with Gasteiger partial charge in [0.2, 0.25) is 0 Å². The first-order chi connectivity index (χ1) is 7.99. The molecule has 0 aliphatic heterocycles. The molecule has 0 aliphatic carbocycles. The normalized spacial score (nSPS) is 13.1. The fraction of sp³-hybridized carbons (Fsp3) is 0.600. The van der Waals surface area contributed by atoms with Crippen LogP contribution < -0.4 is 5.73 Å². The van der Waals surface area contributed by atoms with Gasteiger partial charge in [0.1, 0.15) is 0 Å². The van der Waals surface area contributed by atoms with Crippen molar-refractivity contribution in [2.45, 2.75) is 39.7 Å². The molecule has 0 saturated carbocycles. The highest BCUT2D eigenvalue weighted by Crippen LogP contribution is 2.29. The molecule has 0 fully saturated rings. The Labute approximate surface area is 106 Å². The van der Waals surface area contributed by atoms with Gasteiger partial charge in [0, 0.05) is 6.04 Å². The third kappa shape index (κ3) is 3.30. The maximum Gasteiger partial charge on any atom is 0.0345 e. The van der Waals surface area contributed by atoms with Crippen LogP contribution in [0.25, 0.3) is 0 Å². The minimum absolute atomic E-state index is 0.484. The van der Waals surface area contributed by atoms with E-state index in [0.29, 0.717) is 6.04 Å². The molecule has 0 amide bonds. The van der Waals surface area contributed by atoms with Crippen LogP contribution in [0, 0.1) is 20.8 Å². The van der Waals surface area contributed by atoms with E-state index in [-0.39, 0.29) is 0 Å². The molecule has 0 spiro atoms. The van der Waals surface area contributed by atoms with Gasteiger partial charge in [-0.1, -0.05) is 12.1 Å². The van der Waals surface area contributed by atoms with E-state index in [1.807, 2.05) is 0 Å². The highest BCUT2D eigenvalue weighted by atomic mass is 15.1. The Morgan fingerprint density at radius 1 is 1.12 bits per heavy atom. The SMILES string of the molecule is Cc1ccc(C(CCCN)N(C)C)c(C)c1C. The largest absolute Gasteiger partial charge is 0.330 e. The Morgan fingerprint density at radius 2 is 1.76 bits per heavy atom. The minimum atomic E-state index is 0.484. The topological polar surface area (TPSA) is 29.3 Å². The summed E-state index contributed by atoms with van der Waals surface area (Å²) in [5.74, 6) is 0. The van der Waals surface area contributed by atoms with Gasteiger partial charge in [0.25, 0.3) is 0 Å². The van der Waals surface area contributed by atoms with Gasteiger partial charge in [0.05, 0.1) is 0 Å². The van der Waals surface area contributed by atoms with Crippen molar-refractivity contribution in [3.63, 3.8) is 0 Å². The monoisotopic (exact) mass is 234 g/mol. The Hall–Kier alpha value is -0.860. The highest BCUT2D eigenvalue weighted by Gasteiger charge is 2.16. The molecule has 1 aromatic carbocycles. The average Bonchev–Trinajstić information content (AvgIpc) is 2.28. The van der Waals surface area contributed by atoms with Gasteiger partial charge >= 0.3 is 0 Å². The van der Waals surface area contributed by atoms with Gasteiger partial charge in [-0.2, -0.15) is 0 Å². The molecule has 2 heteroatoms. The van der Waals surface area contributed by atoms with Crippen LogP contribution in [0.15, 0.2) is 12.1 Å². The van der Waals surface area contributed by atoms with E-state index in [2.05, 4.69) is 51.9 Å². The van der Waals surface area contributed by atoms with Gasteiger partial charge < -0.3 is 10.6 Å². The molecule has 0 bridgehead atoms. The lowest BCUT2D eigenvalue weighted by atomic mass is 9.91. The minimum Gasteiger partial charge on any atom is -0.330 e. The van der Waals surface area contributed by atoms with Crippen molar-refractivity contribution in [3.8, 4) is 0 Å². The van der Waals surface area contributed by atoms with Gasteiger partial charge in [-0.05, 0) is 76.5 Å². The molecule has 2 N–H and O–H groups in total. The zero-order valence-electron chi connectivity index (χ0n) is 11.9. The Morgan fingerprint density at radius 3 is 2.29 bits per heavy atom. The van der Waals surface area contributed by atoms with Gasteiger partial charge in [-0.25, -0.2) is 0 Å². The van der Waals surface area contributed by atoms with E-state index in [1.165, 1.54) is 22.3 Å². The van der Waals surface area contributed by atoms with Crippen LogP contribution in [0.3, 0.4) is 0 Å². The van der Waals surface area contributed by atoms with Crippen molar-refractivity contribution in [2.24, 2.45) is 5.73 Å². The predicted octanol–water partition coefficient (Wildman–Crippen LogP) is 2.95. The van der Waals surface area contributed by atoms with Crippen molar-refractivity contribution in [1.29, 1.82) is 0 Å². The van der Waals surface area contributed by atoms with Crippen LogP contribution in [-0.4, -0.2) is 25.5 Å². The molecule has 1 unspecified atom stereocenters. The van der Waals surface area contributed by atoms with E-state index < -0.39 is 0 Å². The summed E-state index contributed by atoms with van der Waals surface area (Å²) in [5.41, 5.74) is 11.3. The number of nitrogens with zero attached hydrogens (tertiary/aromatic N) is 1. The van der Waals surface area contributed by atoms with Crippen molar-refractivity contribution in [3.05, 3.63) is 34.4 Å². The summed E-state index contributed by atoms with van der Waals surface area (Å²) in [5, 5.41) is 0. The highest BCUT2D eigenvalue weighted by molar-refractivity contribution is 5.40. The molecule has 0 aliphatic rings. The molecule has 0 aromatic heterocycles. The van der Waals surface area contributed by atoms with E-state index >= 15 is 0 Å². The van der Waals surface area contributed by atoms with Crippen LogP contribution in [0.1, 0.15) is 41.1 Å². The Kier molecular flexibility index (Phi) is 5.16. The third-order valence-corrected chi connectivity index (χ3v) is 3.76. The number of nitrogens with two attached hydrogens (primary N) is 1. The zero-order chi connectivity index (χ0) is 13.0. The summed E-state index contributed by atoms with van der Waals surface area (Å²) >= 11 is 0. The van der Waals surface area contributed by atoms with Crippen molar-refractivity contribution in [2.75, 3.05) is 20.6 Å². The lowest BCUT2D eigenvalue weighted by Crippen LogP contribution is -2.22. The molecule has 0 saturated heterocycles. The first kappa shape index (κ1) is 14.2. The second-order valence-electron chi connectivity index (χ2n) is 5.13. The summed E-state index contributed by atoms with van der Waals surface area (Å²) in [6.45, 7) is 7.39. The number of aryl methyl sites for hydroxylation is 1. The Balaban J connectivity index is 3.06. The molecule has 1 rings (SSSR count). The maximum atomic E-state index is 5.63. The van der Waals surface area contributed by atoms with Gasteiger partial charge in [0.15, 0.2) is 0 Å². The lowest BCUT2D eigenvalue weighted by molar-refractivity contribution is 0.279. The molecule has 0 radical (unpaired) electrons. The van der Waals surface area contributed by atoms with Crippen LogP contribution in [0.4, 0.5) is 0 Å². The number of hydrogen-bond acceptors (Lipinski definition) is 2. The first-order valence-corrected chi connectivity index (χ1v) is 6.42. The number of benzene rings is 1. The first-order valence-electron chi connectivity index (χ1n) is 6.42. The maximum absolute atomic E-state index is 5.63. The smallest absolute Gasteiger partial charge is 0.0345 e. The van der Waals surface area contributed by atoms with E-state index in [4.69, 9.17) is 5.73 Å². The van der Waals surface area contributed by atoms with E-state index in [0.717, 1.165) is 19.4 Å². The van der Waals surface area contributed by atoms with E-state index in [9.17, 15) is 0 Å². The average molecular weight is 234 g/mol. The third-order valence-electron chi connectivity index (χ3n) is 3.76. The second-order valence-corrected chi connectivity index (χ2v) is 5.13. The standard InChI is InChI=1S/C15H26N2/c1-11-8-9-14(13(3)12(11)2)15(17(4)5)7-6-10-16/h8-9,15H,6-7,10,16H2,1-5H3. The fourth-order valence-electron chi connectivity index (χ4n) is 2.34. The van der Waals surface area contributed by atoms with Crippen LogP contribution in [-0.2, 0) is 0 Å². The van der Waals surface area contributed by atoms with Crippen LogP contribution >= 0.6 is 0 Å². The summed E-state index contributed by atoms with van der Waals surface area (Å²) in [6, 6.07) is 4.99. The molecule has 1 atom stereocenters. The summed E-state index contributed by atoms with van der Waals surface area (Å²) in [7, 11) is 4.30. The molecular formula is C15H26N2. The quantitative estimate of drug-likeness (QED) is 0.848. The second kappa shape index (κ2) is 6.18. The van der Waals surface area contributed by atoms with Crippen molar-refractivity contribution in [1.82, 2.24) is 4.90 Å². The predicted molar refractivity (Wildman–Crippen MR) is 75.4 cm³/mol. The molecule has 0 heterocycles. The summed E-state index contributed by atoms with van der Waals surface area (Å²) in [6.07, 6.45) is 2.21. The molecule has 2 nitrogen and oxygen atoms in total. The van der Waals surface area contributed by atoms with Gasteiger partial charge in [-0.15, -0.1) is 0 Å². The summed E-state index contributed by atoms with van der Waals surface area (Å²) in [4.78, 5) is 2.30. The molecule has 17 heavy (non-hydrogen) atoms. The molecular weight excluding hydrogens is 208 g/mol. The summed E-state index contributed by atoms with van der Waals surface area (Å²) < 4.78 is 0. The van der Waals surface area contributed by atoms with E-state index in [1.54, 1.807) is 0 Å².